The van der Waals surface area contributed by atoms with Crippen LogP contribution in [0.4, 0.5) is 0 Å². The van der Waals surface area contributed by atoms with Crippen LogP contribution in [0.3, 0.4) is 0 Å². The van der Waals surface area contributed by atoms with Crippen molar-refractivity contribution in [3.8, 4) is 5.75 Å². The monoisotopic (exact) mass is 351 g/mol. The van der Waals surface area contributed by atoms with E-state index >= 15 is 0 Å². The summed E-state index contributed by atoms with van der Waals surface area (Å²) in [5.41, 5.74) is 4.83. The second kappa shape index (κ2) is 7.28. The van der Waals surface area contributed by atoms with Crippen molar-refractivity contribution in [3.05, 3.63) is 35.7 Å². The van der Waals surface area contributed by atoms with E-state index < -0.39 is 0 Å². The minimum atomic E-state index is 0.611. The summed E-state index contributed by atoms with van der Waals surface area (Å²) in [4.78, 5) is 10.6. The predicted molar refractivity (Wildman–Crippen MR) is 108 cm³/mol. The first-order valence-electron chi connectivity index (χ1n) is 9.82. The Balaban J connectivity index is 1.68. The molecule has 3 aromatic rings. The van der Waals surface area contributed by atoms with Gasteiger partial charge in [0, 0.05) is 41.0 Å². The lowest BCUT2D eigenvalue weighted by Crippen LogP contribution is -2.15. The Labute approximate surface area is 155 Å². The number of aromatic nitrogens is 2. The van der Waals surface area contributed by atoms with E-state index in [-0.39, 0.29) is 0 Å². The van der Waals surface area contributed by atoms with E-state index in [1.807, 2.05) is 6.20 Å². The highest BCUT2D eigenvalue weighted by atomic mass is 16.5. The molecule has 0 unspecified atom stereocenters. The Hall–Kier alpha value is -2.07. The van der Waals surface area contributed by atoms with Crippen molar-refractivity contribution >= 4 is 21.8 Å². The fourth-order valence-electron chi connectivity index (χ4n) is 4.24. The molecule has 0 amide bonds. The number of H-pyrrole nitrogens is 1. The molecule has 1 saturated carbocycles. The van der Waals surface area contributed by atoms with E-state index in [2.05, 4.69) is 49.1 Å². The third kappa shape index (κ3) is 3.30. The fourth-order valence-corrected chi connectivity index (χ4v) is 4.24. The molecule has 1 fully saturated rings. The average Bonchev–Trinajstić information content (AvgIpc) is 3.26. The lowest BCUT2D eigenvalue weighted by Gasteiger charge is -2.12. The number of aromatic amines is 1. The van der Waals surface area contributed by atoms with Crippen LogP contribution < -0.4 is 4.74 Å². The topological polar surface area (TPSA) is 41.1 Å². The second-order valence-electron chi connectivity index (χ2n) is 7.89. The summed E-state index contributed by atoms with van der Waals surface area (Å²) in [6.07, 6.45) is 8.18. The zero-order chi connectivity index (χ0) is 18.1. The second-order valence-corrected chi connectivity index (χ2v) is 7.89. The van der Waals surface area contributed by atoms with Crippen LogP contribution in [0.1, 0.15) is 49.3 Å². The normalized spacial score (nSPS) is 15.5. The van der Waals surface area contributed by atoms with Crippen LogP contribution >= 0.6 is 0 Å². The van der Waals surface area contributed by atoms with E-state index in [0.29, 0.717) is 5.92 Å². The van der Waals surface area contributed by atoms with Crippen molar-refractivity contribution in [2.45, 2.75) is 44.9 Å². The summed E-state index contributed by atoms with van der Waals surface area (Å²) >= 11 is 0. The lowest BCUT2D eigenvalue weighted by molar-refractivity contribution is 0.280. The molecule has 4 heteroatoms. The van der Waals surface area contributed by atoms with Gasteiger partial charge in [-0.05, 0) is 58.0 Å². The molecule has 26 heavy (non-hydrogen) atoms. The van der Waals surface area contributed by atoms with Gasteiger partial charge in [0.15, 0.2) is 0 Å². The minimum absolute atomic E-state index is 0.611. The fraction of sp³-hybridized carbons (Fsp3) is 0.500. The van der Waals surface area contributed by atoms with E-state index in [0.717, 1.165) is 30.8 Å². The zero-order valence-corrected chi connectivity index (χ0v) is 16.1. The van der Waals surface area contributed by atoms with E-state index in [1.54, 1.807) is 0 Å². The molecule has 1 aliphatic carbocycles. The maximum atomic E-state index is 6.06. The maximum absolute atomic E-state index is 6.06. The van der Waals surface area contributed by atoms with Gasteiger partial charge in [0.05, 0.1) is 17.8 Å². The molecule has 2 aromatic heterocycles. The molecule has 0 saturated heterocycles. The zero-order valence-electron chi connectivity index (χ0n) is 16.1. The summed E-state index contributed by atoms with van der Waals surface area (Å²) in [5.74, 6) is 1.60. The lowest BCUT2D eigenvalue weighted by atomic mass is 9.98. The molecular weight excluding hydrogens is 322 g/mol. The smallest absolute Gasteiger partial charge is 0.124 e. The van der Waals surface area contributed by atoms with E-state index in [9.17, 15) is 0 Å². The standard InChI is InChI=1S/C22H29N3O/c1-15-13-17-19(14-20(15)26-12-6-11-25(2)3)24-18-9-10-23-22(21(17)18)16-7-4-5-8-16/h9-10,13-14,16,24H,4-8,11-12H2,1-3H3. The van der Waals surface area contributed by atoms with Crippen molar-refractivity contribution in [2.75, 3.05) is 27.2 Å². The number of nitrogens with one attached hydrogen (secondary N) is 1. The van der Waals surface area contributed by atoms with Crippen molar-refractivity contribution in [3.63, 3.8) is 0 Å². The highest BCUT2D eigenvalue weighted by Gasteiger charge is 2.22. The van der Waals surface area contributed by atoms with Crippen molar-refractivity contribution in [2.24, 2.45) is 0 Å². The number of nitrogens with zero attached hydrogens (tertiary/aromatic N) is 2. The summed E-state index contributed by atoms with van der Waals surface area (Å²) in [6.45, 7) is 3.94. The number of rotatable bonds is 6. The molecule has 138 valence electrons. The average molecular weight is 351 g/mol. The molecule has 1 N–H and O–H groups in total. The van der Waals surface area contributed by atoms with Crippen LogP contribution in [0, 0.1) is 6.92 Å². The Bertz CT molecular complexity index is 907. The van der Waals surface area contributed by atoms with Crippen LogP contribution in [-0.4, -0.2) is 42.1 Å². The van der Waals surface area contributed by atoms with Crippen LogP contribution in [0.5, 0.6) is 5.75 Å². The van der Waals surface area contributed by atoms with E-state index in [4.69, 9.17) is 9.72 Å². The van der Waals surface area contributed by atoms with Gasteiger partial charge < -0.3 is 14.6 Å². The number of hydrogen-bond acceptors (Lipinski definition) is 3. The number of ether oxygens (including phenoxy) is 1. The Morgan fingerprint density at radius 3 is 2.77 bits per heavy atom. The Kier molecular flexibility index (Phi) is 4.86. The van der Waals surface area contributed by atoms with Gasteiger partial charge in [-0.3, -0.25) is 4.98 Å². The van der Waals surface area contributed by atoms with Crippen molar-refractivity contribution < 1.29 is 4.74 Å². The number of pyridine rings is 1. The van der Waals surface area contributed by atoms with Crippen LogP contribution in [0.15, 0.2) is 24.4 Å². The van der Waals surface area contributed by atoms with Crippen LogP contribution in [0.25, 0.3) is 21.8 Å². The Morgan fingerprint density at radius 1 is 1.19 bits per heavy atom. The molecule has 1 aromatic carbocycles. The van der Waals surface area contributed by atoms with Gasteiger partial charge in [-0.15, -0.1) is 0 Å². The number of hydrogen-bond donors (Lipinski definition) is 1. The molecule has 0 atom stereocenters. The van der Waals surface area contributed by atoms with Crippen LogP contribution in [-0.2, 0) is 0 Å². The molecule has 4 nitrogen and oxygen atoms in total. The van der Waals surface area contributed by atoms with Gasteiger partial charge in [-0.25, -0.2) is 0 Å². The maximum Gasteiger partial charge on any atom is 0.124 e. The largest absolute Gasteiger partial charge is 0.493 e. The molecule has 4 rings (SSSR count). The quantitative estimate of drug-likeness (QED) is 0.635. The van der Waals surface area contributed by atoms with Gasteiger partial charge in [0.25, 0.3) is 0 Å². The molecule has 2 heterocycles. The highest BCUT2D eigenvalue weighted by Crippen LogP contribution is 2.40. The predicted octanol–water partition coefficient (Wildman–Crippen LogP) is 5.01. The minimum Gasteiger partial charge on any atom is -0.493 e. The number of benzene rings is 1. The third-order valence-electron chi connectivity index (χ3n) is 5.58. The summed E-state index contributed by atoms with van der Waals surface area (Å²) in [6, 6.07) is 6.54. The molecule has 0 aliphatic heterocycles. The highest BCUT2D eigenvalue weighted by molar-refractivity contribution is 6.09. The molecule has 0 spiro atoms. The summed E-state index contributed by atoms with van der Waals surface area (Å²) in [7, 11) is 4.19. The Morgan fingerprint density at radius 2 is 2.00 bits per heavy atom. The first-order chi connectivity index (χ1) is 12.6. The van der Waals surface area contributed by atoms with Gasteiger partial charge in [-0.2, -0.15) is 0 Å². The van der Waals surface area contributed by atoms with Gasteiger partial charge >= 0.3 is 0 Å². The molecule has 1 aliphatic rings. The van der Waals surface area contributed by atoms with Crippen molar-refractivity contribution in [1.82, 2.24) is 14.9 Å². The summed E-state index contributed by atoms with van der Waals surface area (Å²) < 4.78 is 6.06. The van der Waals surface area contributed by atoms with Gasteiger partial charge in [0.1, 0.15) is 5.75 Å². The molecule has 0 radical (unpaired) electrons. The SMILES string of the molecule is Cc1cc2c(cc1OCCCN(C)C)[nH]c1ccnc(C3CCCC3)c12. The molecule has 0 bridgehead atoms. The van der Waals surface area contributed by atoms with E-state index in [1.165, 1.54) is 53.2 Å². The first kappa shape index (κ1) is 17.3. The van der Waals surface area contributed by atoms with Gasteiger partial charge in [0.2, 0.25) is 0 Å². The van der Waals surface area contributed by atoms with Gasteiger partial charge in [-0.1, -0.05) is 12.8 Å². The van der Waals surface area contributed by atoms with Crippen LogP contribution in [0.2, 0.25) is 0 Å². The third-order valence-corrected chi connectivity index (χ3v) is 5.58. The number of aryl methyl sites for hydroxylation is 1. The van der Waals surface area contributed by atoms with Crippen molar-refractivity contribution in [1.29, 1.82) is 0 Å². The summed E-state index contributed by atoms with van der Waals surface area (Å²) in [5, 5.41) is 2.60. The molecular formula is C22H29N3O. The first-order valence-corrected chi connectivity index (χ1v) is 9.82. The number of fused-ring (bicyclic) bond motifs is 3.